The smallest absolute Gasteiger partial charge is 0.374 e. The number of oxazole rings is 1. The summed E-state index contributed by atoms with van der Waals surface area (Å²) in [6.07, 6.45) is 0. The summed E-state index contributed by atoms with van der Waals surface area (Å²) in [5, 5.41) is 17.6. The van der Waals surface area contributed by atoms with Gasteiger partial charge in [0.05, 0.1) is 0 Å². The van der Waals surface area contributed by atoms with Crippen molar-refractivity contribution in [3.63, 3.8) is 0 Å². The molecule has 0 fully saturated rings. The molecule has 0 saturated heterocycles. The second kappa shape index (κ2) is 4.81. The molecule has 0 radical (unpaired) electrons. The van der Waals surface area contributed by atoms with E-state index in [2.05, 4.69) is 20.9 Å². The van der Waals surface area contributed by atoms with Gasteiger partial charge in [0, 0.05) is 10.0 Å². The Hall–Kier alpha value is -2.22. The van der Waals surface area contributed by atoms with Gasteiger partial charge in [-0.15, -0.1) is 0 Å². The molecule has 0 atom stereocenters. The van der Waals surface area contributed by atoms with Gasteiger partial charge >= 0.3 is 11.9 Å². The highest BCUT2D eigenvalue weighted by Gasteiger charge is 2.25. The number of aromatic carboxylic acids is 2. The highest BCUT2D eigenvalue weighted by molar-refractivity contribution is 9.10. The molecular weight excluding hydrogens is 325 g/mol. The zero-order chi connectivity index (χ0) is 14.2. The lowest BCUT2D eigenvalue weighted by Crippen LogP contribution is -2.05. The molecule has 0 saturated carbocycles. The Morgan fingerprint density at radius 2 is 1.89 bits per heavy atom. The van der Waals surface area contributed by atoms with Gasteiger partial charge in [0.15, 0.2) is 0 Å². The number of carboxylic acids is 2. The number of halogens is 2. The fraction of sp³-hybridized carbons (Fsp3) is 0. The fourth-order valence-electron chi connectivity index (χ4n) is 1.41. The van der Waals surface area contributed by atoms with Crippen LogP contribution in [0.5, 0.6) is 0 Å². The van der Waals surface area contributed by atoms with Crippen LogP contribution in [-0.2, 0) is 0 Å². The lowest BCUT2D eigenvalue weighted by molar-refractivity contribution is 0.0624. The molecule has 98 valence electrons. The van der Waals surface area contributed by atoms with Crippen LogP contribution >= 0.6 is 15.9 Å². The standard InChI is InChI=1S/C11H5BrFNO5/c12-5-1-4(2-6(13)3-5)9-14-7(10(15)16)8(19-9)11(17)18/h1-3H,(H,15,16)(H,17,18). The third kappa shape index (κ3) is 2.63. The number of aromatic nitrogens is 1. The van der Waals surface area contributed by atoms with Crippen molar-refractivity contribution in [2.75, 3.05) is 0 Å². The van der Waals surface area contributed by atoms with E-state index < -0.39 is 29.2 Å². The molecule has 0 aliphatic heterocycles. The monoisotopic (exact) mass is 329 g/mol. The summed E-state index contributed by atoms with van der Waals surface area (Å²) in [6.45, 7) is 0. The van der Waals surface area contributed by atoms with E-state index in [0.29, 0.717) is 4.47 Å². The predicted molar refractivity (Wildman–Crippen MR) is 63.5 cm³/mol. The van der Waals surface area contributed by atoms with E-state index in [1.807, 2.05) is 0 Å². The molecule has 19 heavy (non-hydrogen) atoms. The first-order valence-corrected chi connectivity index (χ1v) is 5.61. The summed E-state index contributed by atoms with van der Waals surface area (Å²) in [7, 11) is 0. The molecule has 0 aliphatic carbocycles. The van der Waals surface area contributed by atoms with Gasteiger partial charge in [0.25, 0.3) is 0 Å². The van der Waals surface area contributed by atoms with E-state index in [9.17, 15) is 14.0 Å². The Labute approximate surface area is 113 Å². The molecule has 0 amide bonds. The molecule has 1 aromatic carbocycles. The number of carbonyl (C=O) groups is 2. The third-order valence-corrected chi connectivity index (χ3v) is 2.59. The molecule has 0 spiro atoms. The highest BCUT2D eigenvalue weighted by Crippen LogP contribution is 2.26. The van der Waals surface area contributed by atoms with E-state index >= 15 is 0 Å². The van der Waals surface area contributed by atoms with E-state index in [1.54, 1.807) is 0 Å². The van der Waals surface area contributed by atoms with Gasteiger partial charge in [-0.3, -0.25) is 0 Å². The summed E-state index contributed by atoms with van der Waals surface area (Å²) < 4.78 is 18.4. The minimum atomic E-state index is -1.56. The van der Waals surface area contributed by atoms with Gasteiger partial charge in [0.1, 0.15) is 5.82 Å². The Kier molecular flexibility index (Phi) is 3.34. The van der Waals surface area contributed by atoms with Crippen LogP contribution in [0.15, 0.2) is 27.1 Å². The van der Waals surface area contributed by atoms with Gasteiger partial charge in [-0.05, 0) is 18.2 Å². The maximum absolute atomic E-state index is 13.2. The van der Waals surface area contributed by atoms with Gasteiger partial charge < -0.3 is 14.6 Å². The minimum Gasteiger partial charge on any atom is -0.476 e. The first-order chi connectivity index (χ1) is 8.88. The SMILES string of the molecule is O=C(O)c1nc(-c2cc(F)cc(Br)c2)oc1C(=O)O. The average molecular weight is 330 g/mol. The number of nitrogens with zero attached hydrogens (tertiary/aromatic N) is 1. The Morgan fingerprint density at radius 3 is 2.37 bits per heavy atom. The van der Waals surface area contributed by atoms with Crippen LogP contribution in [0.1, 0.15) is 21.0 Å². The number of benzene rings is 1. The van der Waals surface area contributed by atoms with Crippen LogP contribution < -0.4 is 0 Å². The van der Waals surface area contributed by atoms with Crippen molar-refractivity contribution in [3.05, 3.63) is 39.9 Å². The molecule has 2 aromatic rings. The van der Waals surface area contributed by atoms with E-state index in [0.717, 1.165) is 6.07 Å². The van der Waals surface area contributed by atoms with Crippen molar-refractivity contribution < 1.29 is 28.6 Å². The summed E-state index contributed by atoms with van der Waals surface area (Å²) in [6, 6.07) is 3.66. The normalized spacial score (nSPS) is 10.4. The zero-order valence-corrected chi connectivity index (χ0v) is 10.6. The molecule has 2 rings (SSSR count). The lowest BCUT2D eigenvalue weighted by atomic mass is 10.2. The Bertz CT molecular complexity index is 630. The van der Waals surface area contributed by atoms with Crippen LogP contribution in [0.2, 0.25) is 0 Å². The quantitative estimate of drug-likeness (QED) is 0.897. The van der Waals surface area contributed by atoms with Crippen LogP contribution in [0.4, 0.5) is 4.39 Å². The molecule has 2 N–H and O–H groups in total. The summed E-state index contributed by atoms with van der Waals surface area (Å²) >= 11 is 3.05. The van der Waals surface area contributed by atoms with Crippen LogP contribution in [0.25, 0.3) is 11.5 Å². The second-order valence-corrected chi connectivity index (χ2v) is 4.38. The van der Waals surface area contributed by atoms with Gasteiger partial charge in [-0.25, -0.2) is 19.0 Å². The van der Waals surface area contributed by atoms with Crippen molar-refractivity contribution in [2.24, 2.45) is 0 Å². The maximum Gasteiger partial charge on any atom is 0.374 e. The lowest BCUT2D eigenvalue weighted by Gasteiger charge is -1.97. The number of hydrogen-bond donors (Lipinski definition) is 2. The summed E-state index contributed by atoms with van der Waals surface area (Å²) in [4.78, 5) is 25.2. The van der Waals surface area contributed by atoms with Crippen molar-refractivity contribution in [3.8, 4) is 11.5 Å². The van der Waals surface area contributed by atoms with Crippen LogP contribution in [0, 0.1) is 5.82 Å². The predicted octanol–water partition coefficient (Wildman–Crippen LogP) is 2.64. The first-order valence-electron chi connectivity index (χ1n) is 4.82. The van der Waals surface area contributed by atoms with Crippen molar-refractivity contribution in [1.82, 2.24) is 4.98 Å². The highest BCUT2D eigenvalue weighted by atomic mass is 79.9. The van der Waals surface area contributed by atoms with E-state index in [4.69, 9.17) is 14.6 Å². The molecule has 0 bridgehead atoms. The Morgan fingerprint density at radius 1 is 1.21 bits per heavy atom. The van der Waals surface area contributed by atoms with E-state index in [1.165, 1.54) is 12.1 Å². The minimum absolute atomic E-state index is 0.127. The summed E-state index contributed by atoms with van der Waals surface area (Å²) in [5.74, 6) is -4.79. The van der Waals surface area contributed by atoms with Gasteiger partial charge in [-0.2, -0.15) is 0 Å². The van der Waals surface area contributed by atoms with Gasteiger partial charge in [0.2, 0.25) is 17.3 Å². The molecule has 8 heteroatoms. The largest absolute Gasteiger partial charge is 0.476 e. The molecule has 1 heterocycles. The first kappa shape index (κ1) is 13.2. The second-order valence-electron chi connectivity index (χ2n) is 3.47. The van der Waals surface area contributed by atoms with E-state index in [-0.39, 0.29) is 11.5 Å². The molecule has 1 aromatic heterocycles. The Balaban J connectivity index is 2.60. The van der Waals surface area contributed by atoms with Crippen molar-refractivity contribution >= 4 is 27.9 Å². The van der Waals surface area contributed by atoms with Crippen LogP contribution in [0.3, 0.4) is 0 Å². The molecule has 6 nitrogen and oxygen atoms in total. The zero-order valence-electron chi connectivity index (χ0n) is 9.05. The topological polar surface area (TPSA) is 101 Å². The average Bonchev–Trinajstić information content (AvgIpc) is 2.72. The number of carboxylic acid groups (broad SMARTS) is 2. The molecule has 0 unspecified atom stereocenters. The van der Waals surface area contributed by atoms with Crippen LogP contribution in [-0.4, -0.2) is 27.1 Å². The summed E-state index contributed by atoms with van der Waals surface area (Å²) in [5.41, 5.74) is -0.607. The van der Waals surface area contributed by atoms with Crippen molar-refractivity contribution in [2.45, 2.75) is 0 Å². The molecule has 0 aliphatic rings. The van der Waals surface area contributed by atoms with Crippen molar-refractivity contribution in [1.29, 1.82) is 0 Å². The fourth-order valence-corrected chi connectivity index (χ4v) is 1.88. The van der Waals surface area contributed by atoms with Gasteiger partial charge in [-0.1, -0.05) is 15.9 Å². The molecular formula is C11H5BrFNO5. The number of hydrogen-bond acceptors (Lipinski definition) is 4. The number of rotatable bonds is 3. The third-order valence-electron chi connectivity index (χ3n) is 2.13. The maximum atomic E-state index is 13.2.